The predicted octanol–water partition coefficient (Wildman–Crippen LogP) is 0.246. The highest BCUT2D eigenvalue weighted by Gasteiger charge is 2.21. The zero-order valence-corrected chi connectivity index (χ0v) is 10.7. The van der Waals surface area contributed by atoms with Crippen LogP contribution in [0, 0.1) is 0 Å². The minimum atomic E-state index is -1.02. The maximum Gasteiger partial charge on any atom is 0.303 e. The molecule has 0 radical (unpaired) electrons. The average molecular weight is 266 g/mol. The quantitative estimate of drug-likeness (QED) is 0.530. The molecular formula is C13H18N2O4. The van der Waals surface area contributed by atoms with E-state index in [4.69, 9.17) is 5.11 Å². The average Bonchev–Trinajstić information content (AvgIpc) is 2.43. The maximum absolute atomic E-state index is 11.6. The minimum absolute atomic E-state index is 0.110. The van der Waals surface area contributed by atoms with Gasteiger partial charge in [0.2, 0.25) is 5.91 Å². The molecule has 19 heavy (non-hydrogen) atoms. The largest absolute Gasteiger partial charge is 0.481 e. The van der Waals surface area contributed by atoms with Crippen LogP contribution >= 0.6 is 0 Å². The topological polar surface area (TPSA) is 98.7 Å². The summed E-state index contributed by atoms with van der Waals surface area (Å²) in [6.45, 7) is 0. The molecule has 0 heterocycles. The number of hydrogen-bond donors (Lipinski definition) is 4. The Kier molecular flexibility index (Phi) is 5.98. The molecule has 1 aromatic rings. The summed E-state index contributed by atoms with van der Waals surface area (Å²) in [5, 5.41) is 23.8. The third-order valence-electron chi connectivity index (χ3n) is 2.68. The minimum Gasteiger partial charge on any atom is -0.481 e. The van der Waals surface area contributed by atoms with Gasteiger partial charge in [-0.3, -0.25) is 14.9 Å². The van der Waals surface area contributed by atoms with Gasteiger partial charge in [-0.2, -0.15) is 0 Å². The van der Waals surface area contributed by atoms with Crippen LogP contribution in [-0.2, 0) is 9.59 Å². The molecule has 0 saturated heterocycles. The number of amides is 1. The monoisotopic (exact) mass is 266 g/mol. The molecule has 0 saturated carbocycles. The second kappa shape index (κ2) is 7.50. The standard InChI is InChI=1S/C13H18N2O4/c1-14-13(19)10(7-8-11(16)17)15-12(18)9-5-3-2-4-6-9/h2-6,10,12,15,18H,7-8H2,1H3,(H,14,19)(H,16,17)/t10-,12?/m0/s1. The van der Waals surface area contributed by atoms with E-state index in [1.807, 2.05) is 6.07 Å². The molecule has 6 heteroatoms. The first-order valence-corrected chi connectivity index (χ1v) is 5.97. The maximum atomic E-state index is 11.6. The van der Waals surface area contributed by atoms with Crippen molar-refractivity contribution in [1.82, 2.24) is 10.6 Å². The molecule has 1 rings (SSSR count). The van der Waals surface area contributed by atoms with Gasteiger partial charge in [-0.1, -0.05) is 30.3 Å². The molecule has 1 aromatic carbocycles. The SMILES string of the molecule is CNC(=O)[C@H](CCC(=O)O)NC(O)c1ccccc1. The fourth-order valence-electron chi connectivity index (χ4n) is 1.65. The van der Waals surface area contributed by atoms with E-state index in [2.05, 4.69) is 10.6 Å². The van der Waals surface area contributed by atoms with Crippen molar-refractivity contribution < 1.29 is 19.8 Å². The number of carboxylic acid groups (broad SMARTS) is 1. The number of nitrogens with one attached hydrogen (secondary N) is 2. The van der Waals surface area contributed by atoms with Gasteiger partial charge < -0.3 is 15.5 Å². The van der Waals surface area contributed by atoms with Gasteiger partial charge in [-0.15, -0.1) is 0 Å². The number of rotatable bonds is 7. The number of aliphatic carboxylic acids is 1. The summed E-state index contributed by atoms with van der Waals surface area (Å²) < 4.78 is 0. The molecule has 0 aliphatic heterocycles. The zero-order valence-electron chi connectivity index (χ0n) is 10.7. The van der Waals surface area contributed by atoms with Gasteiger partial charge in [0.25, 0.3) is 0 Å². The van der Waals surface area contributed by atoms with Crippen molar-refractivity contribution in [3.63, 3.8) is 0 Å². The second-order valence-electron chi connectivity index (χ2n) is 4.08. The summed E-state index contributed by atoms with van der Waals surface area (Å²) >= 11 is 0. The number of aliphatic hydroxyl groups is 1. The molecule has 0 fully saturated rings. The highest BCUT2D eigenvalue weighted by Crippen LogP contribution is 2.11. The summed E-state index contributed by atoms with van der Waals surface area (Å²) in [5.74, 6) is -1.33. The van der Waals surface area contributed by atoms with E-state index in [0.717, 1.165) is 0 Å². The lowest BCUT2D eigenvalue weighted by atomic mass is 10.1. The van der Waals surface area contributed by atoms with Crippen molar-refractivity contribution in [3.8, 4) is 0 Å². The fraction of sp³-hybridized carbons (Fsp3) is 0.385. The molecule has 104 valence electrons. The van der Waals surface area contributed by atoms with Gasteiger partial charge >= 0.3 is 5.97 Å². The molecule has 0 spiro atoms. The van der Waals surface area contributed by atoms with Gasteiger partial charge in [-0.25, -0.2) is 0 Å². The van der Waals surface area contributed by atoms with E-state index >= 15 is 0 Å². The first kappa shape index (κ1) is 15.1. The summed E-state index contributed by atoms with van der Waals surface area (Å²) in [4.78, 5) is 22.2. The smallest absolute Gasteiger partial charge is 0.303 e. The molecule has 0 aliphatic rings. The van der Waals surface area contributed by atoms with Crippen LogP contribution in [0.2, 0.25) is 0 Å². The Morgan fingerprint density at radius 2 is 1.89 bits per heavy atom. The summed E-state index contributed by atoms with van der Waals surface area (Å²) in [6, 6.07) is 8.04. The summed E-state index contributed by atoms with van der Waals surface area (Å²) in [7, 11) is 1.46. The molecule has 0 bridgehead atoms. The molecular weight excluding hydrogens is 248 g/mol. The van der Waals surface area contributed by atoms with Crippen molar-refractivity contribution in [1.29, 1.82) is 0 Å². The van der Waals surface area contributed by atoms with Crippen LogP contribution in [0.25, 0.3) is 0 Å². The number of benzene rings is 1. The van der Waals surface area contributed by atoms with Gasteiger partial charge in [0, 0.05) is 13.5 Å². The number of carbonyl (C=O) groups excluding carboxylic acids is 1. The normalized spacial score (nSPS) is 13.6. The van der Waals surface area contributed by atoms with E-state index in [0.29, 0.717) is 5.56 Å². The Hall–Kier alpha value is -1.92. The first-order valence-electron chi connectivity index (χ1n) is 5.97. The van der Waals surface area contributed by atoms with Crippen LogP contribution in [-0.4, -0.2) is 35.2 Å². The Balaban J connectivity index is 2.66. The summed E-state index contributed by atoms with van der Waals surface area (Å²) in [5.41, 5.74) is 0.617. The lowest BCUT2D eigenvalue weighted by Gasteiger charge is -2.21. The van der Waals surface area contributed by atoms with Gasteiger partial charge in [0.15, 0.2) is 0 Å². The molecule has 6 nitrogen and oxygen atoms in total. The fourth-order valence-corrected chi connectivity index (χ4v) is 1.65. The van der Waals surface area contributed by atoms with E-state index < -0.39 is 18.2 Å². The van der Waals surface area contributed by atoms with Gasteiger partial charge in [0.05, 0.1) is 6.04 Å². The number of carbonyl (C=O) groups is 2. The summed E-state index contributed by atoms with van der Waals surface area (Å²) in [6.07, 6.45) is -1.05. The first-order chi connectivity index (χ1) is 9.04. The van der Waals surface area contributed by atoms with Crippen LogP contribution in [0.5, 0.6) is 0 Å². The number of likely N-dealkylation sites (N-methyl/N-ethyl adjacent to an activating group) is 1. The predicted molar refractivity (Wildman–Crippen MR) is 69.3 cm³/mol. The lowest BCUT2D eigenvalue weighted by molar-refractivity contribution is -0.137. The van der Waals surface area contributed by atoms with Crippen molar-refractivity contribution >= 4 is 11.9 Å². The zero-order chi connectivity index (χ0) is 14.3. The number of aliphatic hydroxyl groups excluding tert-OH is 1. The Morgan fingerprint density at radius 1 is 1.26 bits per heavy atom. The van der Waals surface area contributed by atoms with Crippen LogP contribution in [0.3, 0.4) is 0 Å². The van der Waals surface area contributed by atoms with Crippen molar-refractivity contribution in [3.05, 3.63) is 35.9 Å². The van der Waals surface area contributed by atoms with E-state index in [1.54, 1.807) is 24.3 Å². The Bertz CT molecular complexity index is 422. The molecule has 1 amide bonds. The van der Waals surface area contributed by atoms with E-state index in [1.165, 1.54) is 7.05 Å². The molecule has 4 N–H and O–H groups in total. The highest BCUT2D eigenvalue weighted by molar-refractivity contribution is 5.82. The second-order valence-corrected chi connectivity index (χ2v) is 4.08. The van der Waals surface area contributed by atoms with Gasteiger partial charge in [-0.05, 0) is 12.0 Å². The van der Waals surface area contributed by atoms with Crippen LogP contribution < -0.4 is 10.6 Å². The third-order valence-corrected chi connectivity index (χ3v) is 2.68. The van der Waals surface area contributed by atoms with Crippen LogP contribution in [0.4, 0.5) is 0 Å². The van der Waals surface area contributed by atoms with E-state index in [9.17, 15) is 14.7 Å². The van der Waals surface area contributed by atoms with Crippen molar-refractivity contribution in [2.45, 2.75) is 25.1 Å². The third kappa shape index (κ3) is 5.07. The number of hydrogen-bond acceptors (Lipinski definition) is 4. The van der Waals surface area contributed by atoms with Gasteiger partial charge in [0.1, 0.15) is 6.23 Å². The number of carboxylic acids is 1. The highest BCUT2D eigenvalue weighted by atomic mass is 16.4. The Labute approximate surface area is 111 Å². The van der Waals surface area contributed by atoms with Crippen molar-refractivity contribution in [2.24, 2.45) is 0 Å². The van der Waals surface area contributed by atoms with Crippen LogP contribution in [0.1, 0.15) is 24.6 Å². The molecule has 1 unspecified atom stereocenters. The molecule has 2 atom stereocenters. The van der Waals surface area contributed by atoms with Crippen LogP contribution in [0.15, 0.2) is 30.3 Å². The molecule has 0 aliphatic carbocycles. The van der Waals surface area contributed by atoms with E-state index in [-0.39, 0.29) is 18.7 Å². The Morgan fingerprint density at radius 3 is 2.42 bits per heavy atom. The van der Waals surface area contributed by atoms with Crippen molar-refractivity contribution in [2.75, 3.05) is 7.05 Å². The molecule has 0 aromatic heterocycles. The lowest BCUT2D eigenvalue weighted by Crippen LogP contribution is -2.44.